The summed E-state index contributed by atoms with van der Waals surface area (Å²) in [4.78, 5) is 4.17. The minimum absolute atomic E-state index is 0.0600. The molecule has 0 saturated heterocycles. The fourth-order valence-corrected chi connectivity index (χ4v) is 3.04. The highest BCUT2D eigenvalue weighted by molar-refractivity contribution is 7.89. The zero-order chi connectivity index (χ0) is 15.5. The Morgan fingerprint density at radius 1 is 1.29 bits per heavy atom. The van der Waals surface area contributed by atoms with E-state index in [0.717, 1.165) is 11.3 Å². The van der Waals surface area contributed by atoms with Gasteiger partial charge in [0.25, 0.3) is 0 Å². The van der Waals surface area contributed by atoms with Crippen molar-refractivity contribution in [2.75, 3.05) is 0 Å². The summed E-state index contributed by atoms with van der Waals surface area (Å²) in [5.41, 5.74) is 2.12. The molecule has 2 aromatic rings. The molecule has 0 amide bonds. The van der Waals surface area contributed by atoms with Crippen molar-refractivity contribution in [2.45, 2.75) is 25.0 Å². The number of halogens is 1. The lowest BCUT2D eigenvalue weighted by molar-refractivity contribution is 0.282. The Kier molecular flexibility index (Phi) is 4.95. The Morgan fingerprint density at radius 3 is 2.62 bits per heavy atom. The van der Waals surface area contributed by atoms with E-state index in [9.17, 15) is 8.42 Å². The summed E-state index contributed by atoms with van der Waals surface area (Å²) in [6.07, 6.45) is 1.62. The van der Waals surface area contributed by atoms with Gasteiger partial charge in [-0.3, -0.25) is 4.98 Å². The van der Waals surface area contributed by atoms with E-state index < -0.39 is 10.0 Å². The van der Waals surface area contributed by atoms with Gasteiger partial charge in [-0.2, -0.15) is 0 Å². The van der Waals surface area contributed by atoms with Crippen LogP contribution >= 0.6 is 11.6 Å². The topological polar surface area (TPSA) is 79.3 Å². The van der Waals surface area contributed by atoms with Crippen molar-refractivity contribution < 1.29 is 13.5 Å². The fourth-order valence-electron chi connectivity index (χ4n) is 1.69. The van der Waals surface area contributed by atoms with Crippen LogP contribution in [-0.2, 0) is 23.2 Å². The summed E-state index contributed by atoms with van der Waals surface area (Å²) in [7, 11) is -3.66. The zero-order valence-electron chi connectivity index (χ0n) is 11.4. The molecular formula is C14H15ClN2O3S. The van der Waals surface area contributed by atoms with Crippen molar-refractivity contribution in [3.63, 3.8) is 0 Å². The molecule has 0 aliphatic carbocycles. The molecule has 0 aliphatic rings. The molecule has 0 fully saturated rings. The van der Waals surface area contributed by atoms with Gasteiger partial charge in [-0.25, -0.2) is 13.1 Å². The largest absolute Gasteiger partial charge is 0.392 e. The second-order valence-corrected chi connectivity index (χ2v) is 6.72. The summed E-state index contributed by atoms with van der Waals surface area (Å²) in [6, 6.07) is 7.85. The van der Waals surface area contributed by atoms with Gasteiger partial charge in [0.1, 0.15) is 0 Å². The van der Waals surface area contributed by atoms with Gasteiger partial charge in [0.15, 0.2) is 0 Å². The number of benzene rings is 1. The fraction of sp³-hybridized carbons (Fsp3) is 0.214. The first kappa shape index (κ1) is 15.9. The molecule has 5 nitrogen and oxygen atoms in total. The highest BCUT2D eigenvalue weighted by atomic mass is 35.5. The molecule has 1 aromatic carbocycles. The first-order valence-electron chi connectivity index (χ1n) is 6.23. The quantitative estimate of drug-likeness (QED) is 0.881. The lowest BCUT2D eigenvalue weighted by atomic mass is 10.2. The van der Waals surface area contributed by atoms with Gasteiger partial charge in [0.05, 0.1) is 11.5 Å². The van der Waals surface area contributed by atoms with Crippen LogP contribution in [0.25, 0.3) is 0 Å². The minimum atomic E-state index is -3.66. The average molecular weight is 327 g/mol. The first-order valence-corrected chi connectivity index (χ1v) is 8.09. The predicted octanol–water partition coefficient (Wildman–Crippen LogP) is 2.01. The second-order valence-electron chi connectivity index (χ2n) is 4.54. The Hall–Kier alpha value is -1.47. The van der Waals surface area contributed by atoms with E-state index >= 15 is 0 Å². The lowest BCUT2D eigenvalue weighted by Crippen LogP contribution is -2.23. The molecule has 0 radical (unpaired) electrons. The lowest BCUT2D eigenvalue weighted by Gasteiger charge is -2.08. The van der Waals surface area contributed by atoms with Gasteiger partial charge in [-0.05, 0) is 36.2 Å². The summed E-state index contributed by atoms with van der Waals surface area (Å²) in [5, 5.41) is 9.25. The Labute approximate surface area is 128 Å². The van der Waals surface area contributed by atoms with Crippen LogP contribution in [-0.4, -0.2) is 18.5 Å². The molecule has 0 saturated carbocycles. The average Bonchev–Trinajstić information content (AvgIpc) is 2.46. The number of aliphatic hydroxyl groups is 1. The van der Waals surface area contributed by atoms with E-state index in [1.54, 1.807) is 6.20 Å². The number of hydrogen-bond acceptors (Lipinski definition) is 4. The molecule has 0 spiro atoms. The predicted molar refractivity (Wildman–Crippen MR) is 80.4 cm³/mol. The third kappa shape index (κ3) is 4.01. The summed E-state index contributed by atoms with van der Waals surface area (Å²) in [6.45, 7) is 1.77. The van der Waals surface area contributed by atoms with Gasteiger partial charge in [0.2, 0.25) is 10.0 Å². The van der Waals surface area contributed by atoms with Gasteiger partial charge in [0, 0.05) is 23.5 Å². The molecule has 0 atom stereocenters. The SMILES string of the molecule is Cc1ccc(CNS(=O)(=O)c2ccc(CO)c(Cl)c2)cn1. The van der Waals surface area contributed by atoms with Crippen molar-refractivity contribution in [3.05, 3.63) is 58.4 Å². The van der Waals surface area contributed by atoms with Crippen molar-refractivity contribution in [2.24, 2.45) is 0 Å². The molecule has 1 heterocycles. The zero-order valence-corrected chi connectivity index (χ0v) is 12.9. The van der Waals surface area contributed by atoms with Gasteiger partial charge in [-0.1, -0.05) is 23.7 Å². The Balaban J connectivity index is 2.14. The molecule has 0 bridgehead atoms. The standard InChI is InChI=1S/C14H15ClN2O3S/c1-10-2-3-11(7-16-10)8-17-21(19,20)13-5-4-12(9-18)14(15)6-13/h2-7,17-18H,8-9H2,1H3. The number of nitrogens with zero attached hydrogens (tertiary/aromatic N) is 1. The van der Waals surface area contributed by atoms with Crippen LogP contribution in [0.15, 0.2) is 41.4 Å². The molecule has 112 valence electrons. The van der Waals surface area contributed by atoms with E-state index in [2.05, 4.69) is 9.71 Å². The molecule has 0 aliphatic heterocycles. The third-order valence-corrected chi connectivity index (χ3v) is 4.69. The van der Waals surface area contributed by atoms with Crippen molar-refractivity contribution in [1.82, 2.24) is 9.71 Å². The Morgan fingerprint density at radius 2 is 2.05 bits per heavy atom. The van der Waals surface area contributed by atoms with Crippen LogP contribution in [0.2, 0.25) is 5.02 Å². The number of nitrogens with one attached hydrogen (secondary N) is 1. The molecular weight excluding hydrogens is 312 g/mol. The van der Waals surface area contributed by atoms with Gasteiger partial charge >= 0.3 is 0 Å². The van der Waals surface area contributed by atoms with Crippen molar-refractivity contribution >= 4 is 21.6 Å². The van der Waals surface area contributed by atoms with Crippen LogP contribution < -0.4 is 4.72 Å². The van der Waals surface area contributed by atoms with Gasteiger partial charge < -0.3 is 5.11 Å². The van der Waals surface area contributed by atoms with E-state index in [1.165, 1.54) is 18.2 Å². The van der Waals surface area contributed by atoms with Crippen LogP contribution in [0.1, 0.15) is 16.8 Å². The maximum Gasteiger partial charge on any atom is 0.240 e. The minimum Gasteiger partial charge on any atom is -0.392 e. The smallest absolute Gasteiger partial charge is 0.240 e. The molecule has 2 rings (SSSR count). The molecule has 0 unspecified atom stereocenters. The number of rotatable bonds is 5. The highest BCUT2D eigenvalue weighted by Gasteiger charge is 2.15. The number of aliphatic hydroxyl groups excluding tert-OH is 1. The van der Waals surface area contributed by atoms with Crippen molar-refractivity contribution in [3.8, 4) is 0 Å². The van der Waals surface area contributed by atoms with Crippen LogP contribution in [0.5, 0.6) is 0 Å². The number of sulfonamides is 1. The van der Waals surface area contributed by atoms with E-state index in [-0.39, 0.29) is 23.1 Å². The maximum absolute atomic E-state index is 12.2. The van der Waals surface area contributed by atoms with E-state index in [0.29, 0.717) is 5.56 Å². The number of hydrogen-bond donors (Lipinski definition) is 2. The number of aryl methyl sites for hydroxylation is 1. The van der Waals surface area contributed by atoms with Gasteiger partial charge in [-0.15, -0.1) is 0 Å². The van der Waals surface area contributed by atoms with E-state index in [1.807, 2.05) is 19.1 Å². The molecule has 1 aromatic heterocycles. The maximum atomic E-state index is 12.2. The third-order valence-electron chi connectivity index (χ3n) is 2.94. The second kappa shape index (κ2) is 6.53. The van der Waals surface area contributed by atoms with Crippen LogP contribution in [0, 0.1) is 6.92 Å². The summed E-state index contributed by atoms with van der Waals surface area (Å²) >= 11 is 5.91. The number of pyridine rings is 1. The first-order chi connectivity index (χ1) is 9.92. The monoisotopic (exact) mass is 326 g/mol. The van der Waals surface area contributed by atoms with Crippen molar-refractivity contribution in [1.29, 1.82) is 0 Å². The number of aromatic nitrogens is 1. The molecule has 21 heavy (non-hydrogen) atoms. The van der Waals surface area contributed by atoms with E-state index in [4.69, 9.17) is 16.7 Å². The summed E-state index contributed by atoms with van der Waals surface area (Å²) in [5.74, 6) is 0. The molecule has 2 N–H and O–H groups in total. The highest BCUT2D eigenvalue weighted by Crippen LogP contribution is 2.21. The summed E-state index contributed by atoms with van der Waals surface area (Å²) < 4.78 is 26.8. The Bertz CT molecular complexity index is 730. The normalized spacial score (nSPS) is 11.6. The van der Waals surface area contributed by atoms with Crippen LogP contribution in [0.3, 0.4) is 0 Å². The molecule has 7 heteroatoms. The van der Waals surface area contributed by atoms with Crippen LogP contribution in [0.4, 0.5) is 0 Å².